The Balaban J connectivity index is 0.788. The Hall–Kier alpha value is -1.80. The summed E-state index contributed by atoms with van der Waals surface area (Å²) in [5, 5.41) is 170. The molecule has 0 aromatic heterocycles. The lowest BCUT2D eigenvalue weighted by Gasteiger charge is -2.58. The summed E-state index contributed by atoms with van der Waals surface area (Å²) < 4.78 is 72.5. The van der Waals surface area contributed by atoms with Crippen LogP contribution < -0.4 is 0 Å². The van der Waals surface area contributed by atoms with Gasteiger partial charge in [-0.05, 0) is 98.9 Å². The molecule has 4 aliphatic carbocycles. The average molecular weight is 1230 g/mol. The first-order chi connectivity index (χ1) is 40.4. The highest BCUT2D eigenvalue weighted by Gasteiger charge is 2.70. The van der Waals surface area contributed by atoms with E-state index in [2.05, 4.69) is 32.9 Å². The highest BCUT2D eigenvalue weighted by molar-refractivity contribution is 5.30. The molecule has 10 rings (SSSR count). The maximum Gasteiger partial charge on any atom is 0.187 e. The minimum atomic E-state index is -2.03. The Morgan fingerprint density at radius 1 is 0.588 bits per heavy atom. The Bertz CT molecular complexity index is 2280. The second kappa shape index (κ2) is 26.4. The van der Waals surface area contributed by atoms with Gasteiger partial charge < -0.3 is 139 Å². The van der Waals surface area contributed by atoms with Gasteiger partial charge in [-0.25, -0.2) is 0 Å². The topological polar surface area (TPSA) is 434 Å². The lowest BCUT2D eigenvalue weighted by Crippen LogP contribution is -2.68. The predicted octanol–water partition coefficient (Wildman–Crippen LogP) is -5.00. The van der Waals surface area contributed by atoms with Crippen molar-refractivity contribution in [3.8, 4) is 0 Å². The van der Waals surface area contributed by atoms with Crippen molar-refractivity contribution in [2.24, 2.45) is 40.4 Å². The van der Waals surface area contributed by atoms with E-state index in [0.717, 1.165) is 37.9 Å². The van der Waals surface area contributed by atoms with E-state index in [1.54, 1.807) is 7.11 Å². The largest absolute Gasteiger partial charge is 0.492 e. The molecule has 6 saturated heterocycles. The number of methoxy groups -OCH3 is 1. The zero-order chi connectivity index (χ0) is 61.4. The van der Waals surface area contributed by atoms with Crippen molar-refractivity contribution >= 4 is 0 Å². The Morgan fingerprint density at radius 2 is 1.15 bits per heavy atom. The molecule has 34 atom stereocenters. The van der Waals surface area contributed by atoms with Gasteiger partial charge >= 0.3 is 0 Å². The lowest BCUT2D eigenvalue weighted by atomic mass is 9.46. The van der Waals surface area contributed by atoms with Crippen molar-refractivity contribution in [3.05, 3.63) is 23.5 Å². The van der Waals surface area contributed by atoms with Crippen molar-refractivity contribution in [3.63, 3.8) is 0 Å². The number of aliphatic hydroxyl groups is 16. The first-order valence-corrected chi connectivity index (χ1v) is 30.1. The molecule has 0 bridgehead atoms. The molecule has 3 saturated carbocycles. The van der Waals surface area contributed by atoms with E-state index in [1.807, 2.05) is 6.92 Å². The van der Waals surface area contributed by atoms with Crippen LogP contribution in [0, 0.1) is 40.4 Å². The van der Waals surface area contributed by atoms with E-state index < -0.39 is 192 Å². The predicted molar refractivity (Wildman–Crippen MR) is 283 cm³/mol. The number of rotatable bonds is 18. The Labute approximate surface area is 492 Å². The summed E-state index contributed by atoms with van der Waals surface area (Å²) in [7, 11) is 1.73. The fourth-order valence-electron chi connectivity index (χ4n) is 16.1. The minimum Gasteiger partial charge on any atom is -0.492 e. The van der Waals surface area contributed by atoms with E-state index in [-0.39, 0.29) is 35.4 Å². The first kappa shape index (κ1) is 66.1. The van der Waals surface area contributed by atoms with Crippen LogP contribution in [0.15, 0.2) is 23.5 Å². The van der Waals surface area contributed by atoms with Gasteiger partial charge in [-0.15, -0.1) is 0 Å². The van der Waals surface area contributed by atoms with Crippen molar-refractivity contribution in [1.29, 1.82) is 0 Å². The number of allylic oxidation sites excluding steroid dienone is 2. The fraction of sp³-hybridized carbons (Fsp3) is 0.930. The molecule has 9 fully saturated rings. The molecule has 28 heteroatoms. The third-order valence-electron chi connectivity index (χ3n) is 21.1. The normalized spacial score (nSPS) is 53.5. The van der Waals surface area contributed by atoms with Gasteiger partial charge in [-0.2, -0.15) is 0 Å². The van der Waals surface area contributed by atoms with Gasteiger partial charge in [0.25, 0.3) is 0 Å². The van der Waals surface area contributed by atoms with Crippen LogP contribution in [0.25, 0.3) is 0 Å². The van der Waals surface area contributed by atoms with Crippen molar-refractivity contribution in [2.75, 3.05) is 46.8 Å². The third kappa shape index (κ3) is 12.1. The summed E-state index contributed by atoms with van der Waals surface area (Å²) in [5.41, 5.74) is 0.264. The number of aliphatic hydroxyl groups excluding tert-OH is 16. The molecule has 0 aromatic rings. The summed E-state index contributed by atoms with van der Waals surface area (Å²) in [6.07, 6.45) is -30.5. The molecule has 0 spiro atoms. The molecule has 6 aliphatic heterocycles. The molecule has 1 unspecified atom stereocenters. The third-order valence-corrected chi connectivity index (χ3v) is 21.1. The highest BCUT2D eigenvalue weighted by atomic mass is 16.8. The van der Waals surface area contributed by atoms with Crippen molar-refractivity contribution in [2.45, 2.75) is 244 Å². The molecule has 28 nitrogen and oxygen atoms in total. The van der Waals surface area contributed by atoms with Crippen LogP contribution in [-0.4, -0.2) is 294 Å². The number of fused-ring (bicyclic) bond motifs is 7. The van der Waals surface area contributed by atoms with Gasteiger partial charge in [0.15, 0.2) is 31.5 Å². The molecular weight excluding hydrogens is 1130 g/mol. The summed E-state index contributed by atoms with van der Waals surface area (Å²) in [6, 6.07) is 0. The van der Waals surface area contributed by atoms with Gasteiger partial charge in [0.1, 0.15) is 133 Å². The van der Waals surface area contributed by atoms with Crippen LogP contribution in [0.3, 0.4) is 0 Å². The number of ether oxygens (including phenoxy) is 12. The second-order valence-electron chi connectivity index (χ2n) is 26.1. The molecule has 488 valence electrons. The first-order valence-electron chi connectivity index (χ1n) is 30.1. The molecule has 10 aliphatic rings. The van der Waals surface area contributed by atoms with Gasteiger partial charge in [0.05, 0.1) is 45.7 Å². The second-order valence-corrected chi connectivity index (χ2v) is 26.1. The highest BCUT2D eigenvalue weighted by Crippen LogP contribution is 2.70. The lowest BCUT2D eigenvalue weighted by molar-refractivity contribution is -0.403. The number of hydrogen-bond donors (Lipinski definition) is 16. The number of hydrogen-bond acceptors (Lipinski definition) is 28. The average Bonchev–Trinajstić information content (AvgIpc) is 1.58. The maximum absolute atomic E-state index is 11.9. The van der Waals surface area contributed by atoms with Crippen LogP contribution >= 0.6 is 0 Å². The van der Waals surface area contributed by atoms with Gasteiger partial charge in [0, 0.05) is 13.0 Å². The summed E-state index contributed by atoms with van der Waals surface area (Å²) in [5.74, 6) is 1.87. The van der Waals surface area contributed by atoms with E-state index in [1.165, 1.54) is 5.57 Å². The molecule has 0 aromatic carbocycles. The SMILES string of the molecule is CO[C@@]1(C)/C(=C/C[C@H](C)CO[C@@H]2O[C@H](CO)[C@@H](O)[C@H](O)[C@H]2O)O[C@H]2C[C@H]3[C@@H]4CC=C5C[C@@H](O[C@@H]6O[C@H](CO)[C@H](O[C@@H]7O[C@H](CO)[C@@H](O)[C@H](O[C@@H]8OC[C@@H](O)C(O)[C@H]8O)[C@H]7O[C@@H]7O[C@H](CO)[C@@H](O)[C@H](O)[C@H]7O)[C@H](O)[C@H]6O)CC[C@]5(C)[C@H]4CC[C@]3(C)[C@H]21. The summed E-state index contributed by atoms with van der Waals surface area (Å²) >= 11 is 0. The zero-order valence-corrected chi connectivity index (χ0v) is 48.5. The Morgan fingerprint density at radius 3 is 1.81 bits per heavy atom. The maximum atomic E-state index is 11.9. The molecule has 6 heterocycles. The van der Waals surface area contributed by atoms with Crippen LogP contribution in [0.5, 0.6) is 0 Å². The summed E-state index contributed by atoms with van der Waals surface area (Å²) in [6.45, 7) is 5.32. The van der Waals surface area contributed by atoms with Crippen LogP contribution in [-0.2, 0) is 56.8 Å². The smallest absolute Gasteiger partial charge is 0.187 e. The molecular formula is C57H92O28. The molecule has 85 heavy (non-hydrogen) atoms. The fourth-order valence-corrected chi connectivity index (χ4v) is 16.1. The van der Waals surface area contributed by atoms with E-state index in [9.17, 15) is 81.7 Å². The zero-order valence-electron chi connectivity index (χ0n) is 48.5. The summed E-state index contributed by atoms with van der Waals surface area (Å²) in [4.78, 5) is 0. The van der Waals surface area contributed by atoms with Gasteiger partial charge in [-0.3, -0.25) is 0 Å². The van der Waals surface area contributed by atoms with Crippen LogP contribution in [0.2, 0.25) is 0 Å². The quantitative estimate of drug-likeness (QED) is 0.0572. The standard InChI is InChI=1S/C57H92O28/c1-22(20-75-50-43(71)39(67)36(64)30(16-58)79-50)6-9-34-57(4,74-5)49-29(78-34)15-27-25-8-7-23-14-24(10-12-55(23,2)26(25)11-13-56(27,49)3)77-52-45(73)41(69)46(33(19-61)82-52)83-54-48(85-53-44(72)40(68)37(65)31(17-59)80-53)47(38(66)32(18-60)81-54)84-51-42(70)35(63)28(62)21-76-51/h7,9,22,24-33,35-54,58-73H,6,8,10-21H2,1-5H3/b34-9-/t22-,24-,25+,26-,27-,28+,29-,30+,31+,32+,33+,35?,36+,37+,38+,39-,40-,41+,42+,43+,44+,45+,46-,47-,48+,49-,50+,51-,52+,53-,54-,55-,56-,57-/m0/s1. The molecule has 16 N–H and O–H groups in total. The van der Waals surface area contributed by atoms with E-state index in [4.69, 9.17) is 56.8 Å². The molecule has 0 radical (unpaired) electrons. The van der Waals surface area contributed by atoms with Gasteiger partial charge in [-0.1, -0.05) is 32.4 Å². The Kier molecular flexibility index (Phi) is 20.6. The van der Waals surface area contributed by atoms with E-state index in [0.29, 0.717) is 37.0 Å². The van der Waals surface area contributed by atoms with Crippen molar-refractivity contribution in [1.82, 2.24) is 0 Å². The van der Waals surface area contributed by atoms with Crippen LogP contribution in [0.4, 0.5) is 0 Å². The molecule has 0 amide bonds. The van der Waals surface area contributed by atoms with E-state index >= 15 is 0 Å². The monoisotopic (exact) mass is 1220 g/mol. The van der Waals surface area contributed by atoms with Gasteiger partial charge in [0.2, 0.25) is 0 Å². The van der Waals surface area contributed by atoms with Crippen LogP contribution in [0.1, 0.15) is 79.1 Å². The van der Waals surface area contributed by atoms with Crippen molar-refractivity contribution < 1.29 is 139 Å². The minimum absolute atomic E-state index is 0.0619.